The molecule has 0 saturated heterocycles. The van der Waals surface area contributed by atoms with Crippen LogP contribution >= 0.6 is 49.2 Å². The van der Waals surface area contributed by atoms with E-state index < -0.39 is 14.9 Å². The maximum absolute atomic E-state index is 12.9. The number of hydrogen-bond acceptors (Lipinski definition) is 2. The fourth-order valence-corrected chi connectivity index (χ4v) is 4.11. The largest absolute Gasteiger partial charge is 0.262 e. The summed E-state index contributed by atoms with van der Waals surface area (Å²) in [5.74, 6) is -0.653. The van der Waals surface area contributed by atoms with Crippen molar-refractivity contribution in [1.82, 2.24) is 0 Å². The first-order valence-corrected chi connectivity index (χ1v) is 7.09. The second-order valence-corrected chi connectivity index (χ2v) is 6.69. The minimum Gasteiger partial charge on any atom is -0.207 e. The summed E-state index contributed by atoms with van der Waals surface area (Å²) in [5, 5.41) is 0. The van der Waals surface area contributed by atoms with Crippen LogP contribution in [0.25, 0.3) is 0 Å². The third-order valence-electron chi connectivity index (χ3n) is 1.24. The van der Waals surface area contributed by atoms with Gasteiger partial charge in [0.2, 0.25) is 0 Å². The van der Waals surface area contributed by atoms with Gasteiger partial charge in [-0.05, 0) is 50.7 Å². The Morgan fingerprint density at radius 1 is 1.46 bits per heavy atom. The third-order valence-corrected chi connectivity index (χ3v) is 4.47. The van der Waals surface area contributed by atoms with Gasteiger partial charge in [-0.3, -0.25) is 0 Å². The number of hydrogen-bond donors (Lipinski definition) is 0. The van der Waals surface area contributed by atoms with Crippen LogP contribution in [0.4, 0.5) is 4.39 Å². The van der Waals surface area contributed by atoms with Gasteiger partial charge in [0, 0.05) is 14.3 Å². The zero-order valence-electron chi connectivity index (χ0n) is 5.89. The summed E-state index contributed by atoms with van der Waals surface area (Å²) in [7, 11) is 1.20. The van der Waals surface area contributed by atoms with Gasteiger partial charge >= 0.3 is 0 Å². The highest BCUT2D eigenvalue weighted by atomic mass is 127. The number of halogens is 4. The van der Waals surface area contributed by atoms with Gasteiger partial charge in [0.1, 0.15) is 5.82 Å². The van der Waals surface area contributed by atoms with Gasteiger partial charge in [-0.2, -0.15) is 0 Å². The van der Waals surface area contributed by atoms with E-state index >= 15 is 0 Å². The van der Waals surface area contributed by atoms with Gasteiger partial charge in [-0.25, -0.2) is 12.8 Å². The van der Waals surface area contributed by atoms with Gasteiger partial charge in [0.25, 0.3) is 9.05 Å². The Bertz CT molecular complexity index is 448. The van der Waals surface area contributed by atoms with E-state index in [9.17, 15) is 12.8 Å². The van der Waals surface area contributed by atoms with E-state index in [4.69, 9.17) is 10.7 Å². The Labute approximate surface area is 101 Å². The minimum atomic E-state index is -3.87. The molecule has 0 aliphatic carbocycles. The average Bonchev–Trinajstić information content (AvgIpc) is 1.94. The van der Waals surface area contributed by atoms with Crippen molar-refractivity contribution in [2.75, 3.05) is 0 Å². The Kier molecular flexibility index (Phi) is 3.59. The zero-order chi connectivity index (χ0) is 10.2. The molecule has 0 N–H and O–H groups in total. The predicted molar refractivity (Wildman–Crippen MR) is 59.9 cm³/mol. The average molecular weight is 399 g/mol. The fourth-order valence-electron chi connectivity index (χ4n) is 0.691. The molecule has 0 bridgehead atoms. The van der Waals surface area contributed by atoms with Crippen LogP contribution in [0.1, 0.15) is 0 Å². The van der Waals surface area contributed by atoms with E-state index in [0.717, 1.165) is 6.07 Å². The van der Waals surface area contributed by atoms with E-state index in [1.807, 2.05) is 0 Å². The topological polar surface area (TPSA) is 34.1 Å². The molecule has 0 amide bonds. The lowest BCUT2D eigenvalue weighted by molar-refractivity contribution is 0.599. The second-order valence-electron chi connectivity index (χ2n) is 2.13. The summed E-state index contributed by atoms with van der Waals surface area (Å²) in [5.41, 5.74) is 0. The fraction of sp³-hybridized carbons (Fsp3) is 0. The minimum absolute atomic E-state index is 0.209. The Hall–Kier alpha value is 0.600. The molecule has 0 saturated carbocycles. The zero-order valence-corrected chi connectivity index (χ0v) is 11.2. The summed E-state index contributed by atoms with van der Waals surface area (Å²) in [6, 6.07) is 2.24. The van der Waals surface area contributed by atoms with Crippen LogP contribution in [0.15, 0.2) is 21.5 Å². The molecule has 1 aromatic carbocycles. The molecular formula is C6H2BrClFIO2S. The SMILES string of the molecule is O=S(=O)(Cl)c1cc(F)c(Br)cc1I. The van der Waals surface area contributed by atoms with Crippen molar-refractivity contribution >= 4 is 58.3 Å². The normalized spacial score (nSPS) is 11.7. The van der Waals surface area contributed by atoms with Crippen molar-refractivity contribution in [3.05, 3.63) is 26.0 Å². The van der Waals surface area contributed by atoms with E-state index in [-0.39, 0.29) is 9.37 Å². The molecule has 0 aliphatic rings. The molecule has 0 fully saturated rings. The van der Waals surface area contributed by atoms with Crippen molar-refractivity contribution in [1.29, 1.82) is 0 Å². The summed E-state index contributed by atoms with van der Waals surface area (Å²) >= 11 is 4.70. The smallest absolute Gasteiger partial charge is 0.207 e. The predicted octanol–water partition coefficient (Wildman–Crippen LogP) is 3.12. The molecule has 0 spiro atoms. The van der Waals surface area contributed by atoms with Crippen LogP contribution < -0.4 is 0 Å². The maximum Gasteiger partial charge on any atom is 0.262 e. The van der Waals surface area contributed by atoms with Crippen LogP contribution in [0, 0.1) is 9.39 Å². The van der Waals surface area contributed by atoms with Crippen LogP contribution in [-0.4, -0.2) is 8.42 Å². The molecule has 0 heterocycles. The second kappa shape index (κ2) is 4.00. The molecule has 0 aromatic heterocycles. The summed E-state index contributed by atoms with van der Waals surface area (Å²) in [6.45, 7) is 0. The Morgan fingerprint density at radius 2 is 2.00 bits per heavy atom. The summed E-state index contributed by atoms with van der Waals surface area (Å²) < 4.78 is 35.3. The van der Waals surface area contributed by atoms with Crippen LogP contribution in [0.5, 0.6) is 0 Å². The monoisotopic (exact) mass is 398 g/mol. The standard InChI is InChI=1S/C6H2BrClFIO2S/c7-3-1-5(10)6(2-4(3)9)13(8,11)12/h1-2H. The maximum atomic E-state index is 12.9. The lowest BCUT2D eigenvalue weighted by Gasteiger charge is -2.01. The first kappa shape index (κ1) is 11.7. The van der Waals surface area contributed by atoms with Crippen LogP contribution in [0.3, 0.4) is 0 Å². The van der Waals surface area contributed by atoms with Gasteiger partial charge in [-0.15, -0.1) is 0 Å². The van der Waals surface area contributed by atoms with Crippen LogP contribution in [0.2, 0.25) is 0 Å². The van der Waals surface area contributed by atoms with Gasteiger partial charge in [-0.1, -0.05) is 0 Å². The summed E-state index contributed by atoms with van der Waals surface area (Å²) in [4.78, 5) is -0.213. The third kappa shape index (κ3) is 2.77. The molecule has 0 radical (unpaired) electrons. The van der Waals surface area contributed by atoms with Gasteiger partial charge < -0.3 is 0 Å². The van der Waals surface area contributed by atoms with Gasteiger partial charge in [0.15, 0.2) is 0 Å². The molecule has 0 aliphatic heterocycles. The Balaban J connectivity index is 3.50. The first-order valence-electron chi connectivity index (χ1n) is 2.91. The Morgan fingerprint density at radius 3 is 2.46 bits per heavy atom. The van der Waals surface area contributed by atoms with Crippen molar-refractivity contribution in [2.24, 2.45) is 0 Å². The highest BCUT2D eigenvalue weighted by Gasteiger charge is 2.16. The molecule has 7 heteroatoms. The van der Waals surface area contributed by atoms with Gasteiger partial charge in [0.05, 0.1) is 9.37 Å². The van der Waals surface area contributed by atoms with Crippen molar-refractivity contribution in [3.63, 3.8) is 0 Å². The van der Waals surface area contributed by atoms with E-state index in [2.05, 4.69) is 15.9 Å². The molecule has 0 unspecified atom stereocenters. The molecule has 2 nitrogen and oxygen atoms in total. The van der Waals surface area contributed by atoms with Crippen LogP contribution in [-0.2, 0) is 9.05 Å². The van der Waals surface area contributed by atoms with E-state index in [1.165, 1.54) is 6.07 Å². The first-order chi connectivity index (χ1) is 5.82. The highest BCUT2D eigenvalue weighted by molar-refractivity contribution is 14.1. The van der Waals surface area contributed by atoms with Crippen molar-refractivity contribution in [2.45, 2.75) is 4.90 Å². The lowest BCUT2D eigenvalue weighted by atomic mass is 10.3. The highest BCUT2D eigenvalue weighted by Crippen LogP contribution is 2.27. The number of rotatable bonds is 1. The van der Waals surface area contributed by atoms with E-state index in [1.54, 1.807) is 22.6 Å². The summed E-state index contributed by atoms with van der Waals surface area (Å²) in [6.07, 6.45) is 0. The van der Waals surface area contributed by atoms with Crippen molar-refractivity contribution in [3.8, 4) is 0 Å². The molecule has 13 heavy (non-hydrogen) atoms. The molecular weight excluding hydrogens is 397 g/mol. The lowest BCUT2D eigenvalue weighted by Crippen LogP contribution is -1.96. The molecule has 1 rings (SSSR count). The number of benzene rings is 1. The molecule has 1 aromatic rings. The molecule has 72 valence electrons. The van der Waals surface area contributed by atoms with E-state index in [0.29, 0.717) is 3.57 Å². The van der Waals surface area contributed by atoms with Crippen molar-refractivity contribution < 1.29 is 12.8 Å². The quantitative estimate of drug-likeness (QED) is 0.413. The molecule has 0 atom stereocenters.